The van der Waals surface area contributed by atoms with Gasteiger partial charge >= 0.3 is 0 Å². The number of amides is 2. The van der Waals surface area contributed by atoms with Gasteiger partial charge in [0.1, 0.15) is 11.5 Å². The molecule has 1 aliphatic rings. The van der Waals surface area contributed by atoms with E-state index in [0.29, 0.717) is 33.8 Å². The van der Waals surface area contributed by atoms with Crippen molar-refractivity contribution in [2.75, 3.05) is 10.6 Å². The summed E-state index contributed by atoms with van der Waals surface area (Å²) in [5.41, 5.74) is 3.54. The van der Waals surface area contributed by atoms with E-state index in [1.54, 1.807) is 24.7 Å². The van der Waals surface area contributed by atoms with Crippen molar-refractivity contribution in [3.05, 3.63) is 91.1 Å². The number of benzene rings is 2. The Morgan fingerprint density at radius 1 is 0.838 bits per heavy atom. The van der Waals surface area contributed by atoms with Crippen molar-refractivity contribution < 1.29 is 14.3 Å². The van der Waals surface area contributed by atoms with Gasteiger partial charge in [0.15, 0.2) is 5.69 Å². The molecule has 9 nitrogen and oxygen atoms in total. The molecule has 2 aromatic carbocycles. The number of para-hydroxylation sites is 1. The zero-order valence-corrected chi connectivity index (χ0v) is 19.6. The smallest absolute Gasteiger partial charge is 0.276 e. The second-order valence-electron chi connectivity index (χ2n) is 8.80. The quantitative estimate of drug-likeness (QED) is 0.280. The van der Waals surface area contributed by atoms with Crippen LogP contribution in [-0.4, -0.2) is 32.0 Å². The third-order valence-electron chi connectivity index (χ3n) is 6.08. The number of ether oxygens (including phenoxy) is 1. The summed E-state index contributed by atoms with van der Waals surface area (Å²) in [5, 5.41) is 13.5. The highest BCUT2D eigenvalue weighted by Gasteiger charge is 2.30. The van der Waals surface area contributed by atoms with Crippen LogP contribution in [0.15, 0.2) is 85.5 Å². The Bertz CT molecular complexity index is 1610. The van der Waals surface area contributed by atoms with Gasteiger partial charge in [-0.3, -0.25) is 24.7 Å². The van der Waals surface area contributed by atoms with Crippen LogP contribution in [0.25, 0.3) is 22.0 Å². The second kappa shape index (κ2) is 9.54. The van der Waals surface area contributed by atoms with Crippen LogP contribution in [0.3, 0.4) is 0 Å². The summed E-state index contributed by atoms with van der Waals surface area (Å²) >= 11 is 0. The van der Waals surface area contributed by atoms with Crippen LogP contribution in [0.4, 0.5) is 11.4 Å². The van der Waals surface area contributed by atoms with Gasteiger partial charge < -0.3 is 15.4 Å². The van der Waals surface area contributed by atoms with Gasteiger partial charge in [-0.2, -0.15) is 5.10 Å². The average molecular weight is 491 g/mol. The molecule has 182 valence electrons. The van der Waals surface area contributed by atoms with Crippen molar-refractivity contribution in [1.29, 1.82) is 0 Å². The number of fused-ring (bicyclic) bond motifs is 1. The van der Waals surface area contributed by atoms with Gasteiger partial charge in [0.2, 0.25) is 5.91 Å². The molecule has 1 fully saturated rings. The first kappa shape index (κ1) is 22.4. The van der Waals surface area contributed by atoms with Crippen LogP contribution in [-0.2, 0) is 4.79 Å². The summed E-state index contributed by atoms with van der Waals surface area (Å²) < 4.78 is 5.92. The molecule has 0 saturated heterocycles. The Morgan fingerprint density at radius 2 is 1.70 bits per heavy atom. The Morgan fingerprint density at radius 3 is 2.54 bits per heavy atom. The number of aromatic nitrogens is 4. The number of nitrogens with zero attached hydrogens (tertiary/aromatic N) is 3. The maximum Gasteiger partial charge on any atom is 0.276 e. The number of rotatable bonds is 7. The van der Waals surface area contributed by atoms with Crippen LogP contribution in [0.1, 0.15) is 23.3 Å². The predicted molar refractivity (Wildman–Crippen MR) is 139 cm³/mol. The summed E-state index contributed by atoms with van der Waals surface area (Å²) in [4.78, 5) is 33.9. The van der Waals surface area contributed by atoms with Crippen molar-refractivity contribution in [3.63, 3.8) is 0 Å². The number of carbonyl (C=O) groups excluding carboxylic acids is 2. The molecule has 3 heterocycles. The van der Waals surface area contributed by atoms with Crippen molar-refractivity contribution >= 4 is 34.1 Å². The fraction of sp³-hybridized carbons (Fsp3) is 0.107. The van der Waals surface area contributed by atoms with E-state index < -0.39 is 5.91 Å². The second-order valence-corrected chi connectivity index (χ2v) is 8.80. The van der Waals surface area contributed by atoms with Crippen LogP contribution < -0.4 is 15.4 Å². The van der Waals surface area contributed by atoms with E-state index in [0.717, 1.165) is 24.0 Å². The van der Waals surface area contributed by atoms with E-state index in [1.165, 1.54) is 6.20 Å². The predicted octanol–water partition coefficient (Wildman–Crippen LogP) is 5.41. The third kappa shape index (κ3) is 4.87. The molecule has 1 aliphatic carbocycles. The molecule has 1 saturated carbocycles. The lowest BCUT2D eigenvalue weighted by Gasteiger charge is -2.11. The van der Waals surface area contributed by atoms with Gasteiger partial charge in [-0.25, -0.2) is 0 Å². The Labute approximate surface area is 211 Å². The molecule has 0 radical (unpaired) electrons. The number of hydrogen-bond donors (Lipinski definition) is 3. The average Bonchev–Trinajstić information content (AvgIpc) is 3.69. The number of nitrogens with one attached hydrogen (secondary N) is 3. The van der Waals surface area contributed by atoms with Gasteiger partial charge in [0.25, 0.3) is 5.91 Å². The first-order valence-electron chi connectivity index (χ1n) is 11.9. The van der Waals surface area contributed by atoms with Crippen LogP contribution in [0.5, 0.6) is 11.5 Å². The fourth-order valence-electron chi connectivity index (χ4n) is 3.99. The zero-order valence-electron chi connectivity index (χ0n) is 19.6. The SMILES string of the molecule is O=C(Nc1cnccc1NC(=O)C1CC1)c1n[nH]c2ccc(-c3cncc(Oc4ccccc4)c3)cc12. The molecular weight excluding hydrogens is 468 g/mol. The number of aromatic amines is 1. The molecule has 37 heavy (non-hydrogen) atoms. The zero-order chi connectivity index (χ0) is 25.2. The van der Waals surface area contributed by atoms with Crippen LogP contribution in [0.2, 0.25) is 0 Å². The van der Waals surface area contributed by atoms with Gasteiger partial charge in [-0.15, -0.1) is 0 Å². The van der Waals surface area contributed by atoms with Gasteiger partial charge in [0.05, 0.1) is 29.3 Å². The molecule has 0 spiro atoms. The first-order chi connectivity index (χ1) is 18.1. The molecule has 2 amide bonds. The Hall–Kier alpha value is -5.05. The highest BCUT2D eigenvalue weighted by Crippen LogP contribution is 2.32. The van der Waals surface area contributed by atoms with E-state index in [1.807, 2.05) is 54.6 Å². The van der Waals surface area contributed by atoms with Gasteiger partial charge in [-0.05, 0) is 54.8 Å². The maximum absolute atomic E-state index is 13.2. The van der Waals surface area contributed by atoms with Gasteiger partial charge in [0, 0.05) is 29.3 Å². The molecule has 5 aromatic rings. The summed E-state index contributed by atoms with van der Waals surface area (Å²) in [7, 11) is 0. The highest BCUT2D eigenvalue weighted by molar-refractivity contribution is 6.13. The van der Waals surface area contributed by atoms with Crippen LogP contribution >= 0.6 is 0 Å². The summed E-state index contributed by atoms with van der Waals surface area (Å²) in [6.45, 7) is 0. The summed E-state index contributed by atoms with van der Waals surface area (Å²) in [6.07, 6.45) is 8.24. The standard InChI is InChI=1S/C28H22N6O3/c35-27(17-6-7-17)31-24-10-11-29-16-25(24)32-28(36)26-22-13-18(8-9-23(22)33-34-26)19-12-21(15-30-14-19)37-20-4-2-1-3-5-20/h1-5,8-17H,6-7H2,(H,32,36)(H,33,34)(H,29,31,35). The van der Waals surface area contributed by atoms with E-state index >= 15 is 0 Å². The number of hydrogen-bond acceptors (Lipinski definition) is 6. The Kier molecular flexibility index (Phi) is 5.78. The normalized spacial score (nSPS) is 12.8. The van der Waals surface area contributed by atoms with Crippen molar-refractivity contribution in [2.24, 2.45) is 5.92 Å². The lowest BCUT2D eigenvalue weighted by atomic mass is 10.0. The molecule has 0 bridgehead atoms. The van der Waals surface area contributed by atoms with Crippen molar-refractivity contribution in [3.8, 4) is 22.6 Å². The largest absolute Gasteiger partial charge is 0.456 e. The topological polar surface area (TPSA) is 122 Å². The minimum atomic E-state index is -0.419. The fourth-order valence-corrected chi connectivity index (χ4v) is 3.99. The molecule has 0 aliphatic heterocycles. The molecule has 0 atom stereocenters. The molecule has 9 heteroatoms. The molecule has 6 rings (SSSR count). The van der Waals surface area contributed by atoms with Gasteiger partial charge in [-0.1, -0.05) is 24.3 Å². The minimum Gasteiger partial charge on any atom is -0.456 e. The molecule has 3 aromatic heterocycles. The van der Waals surface area contributed by atoms with E-state index in [4.69, 9.17) is 4.74 Å². The molecule has 0 unspecified atom stereocenters. The number of carbonyl (C=O) groups is 2. The summed E-state index contributed by atoms with van der Waals surface area (Å²) in [5.74, 6) is 0.887. The maximum atomic E-state index is 13.2. The van der Waals surface area contributed by atoms with E-state index in [2.05, 4.69) is 30.8 Å². The molecule has 3 N–H and O–H groups in total. The highest BCUT2D eigenvalue weighted by atomic mass is 16.5. The number of pyridine rings is 2. The van der Waals surface area contributed by atoms with Crippen molar-refractivity contribution in [2.45, 2.75) is 12.8 Å². The van der Waals surface area contributed by atoms with E-state index in [-0.39, 0.29) is 17.5 Å². The van der Waals surface area contributed by atoms with Crippen molar-refractivity contribution in [1.82, 2.24) is 20.2 Å². The number of H-pyrrole nitrogens is 1. The summed E-state index contributed by atoms with van der Waals surface area (Å²) in [6, 6.07) is 18.7. The monoisotopic (exact) mass is 490 g/mol. The Balaban J connectivity index is 1.26. The molecular formula is C28H22N6O3. The first-order valence-corrected chi connectivity index (χ1v) is 11.9. The minimum absolute atomic E-state index is 0.0384. The lowest BCUT2D eigenvalue weighted by Crippen LogP contribution is -2.18. The van der Waals surface area contributed by atoms with Crippen LogP contribution in [0, 0.1) is 5.92 Å². The number of anilines is 2. The third-order valence-corrected chi connectivity index (χ3v) is 6.08. The van der Waals surface area contributed by atoms with E-state index in [9.17, 15) is 9.59 Å². The lowest BCUT2D eigenvalue weighted by molar-refractivity contribution is -0.117.